The number of piperidine rings is 1. The molecule has 0 spiro atoms. The van der Waals surface area contributed by atoms with E-state index in [1.165, 1.54) is 5.56 Å². The van der Waals surface area contributed by atoms with Crippen molar-refractivity contribution in [1.82, 2.24) is 14.9 Å². The zero-order valence-corrected chi connectivity index (χ0v) is 11.6. The van der Waals surface area contributed by atoms with Crippen LogP contribution in [0, 0.1) is 0 Å². The average molecular weight is 273 g/mol. The van der Waals surface area contributed by atoms with Crippen LogP contribution in [0.2, 0.25) is 0 Å². The highest BCUT2D eigenvalue weighted by molar-refractivity contribution is 5.79. The smallest absolute Gasteiger partial charge is 0.409 e. The lowest BCUT2D eigenvalue weighted by atomic mass is 9.90. The van der Waals surface area contributed by atoms with Gasteiger partial charge in [0.2, 0.25) is 0 Å². The number of rotatable bonds is 2. The number of nitrogens with zero attached hydrogens (tertiary/aromatic N) is 2. The number of hydrogen-bond donors (Lipinski definition) is 1. The molecule has 5 heteroatoms. The molecule has 1 saturated heterocycles. The number of pyridine rings is 1. The Kier molecular flexibility index (Phi) is 3.58. The molecule has 3 rings (SSSR count). The fourth-order valence-corrected chi connectivity index (χ4v) is 2.87. The lowest BCUT2D eigenvalue weighted by Crippen LogP contribution is -2.38. The van der Waals surface area contributed by atoms with Gasteiger partial charge in [-0.05, 0) is 43.4 Å². The average Bonchev–Trinajstić information content (AvgIpc) is 2.92. The first-order chi connectivity index (χ1) is 9.79. The van der Waals surface area contributed by atoms with Crippen molar-refractivity contribution in [3.05, 3.63) is 30.1 Å². The molecule has 0 aliphatic carbocycles. The third kappa shape index (κ3) is 2.35. The van der Waals surface area contributed by atoms with Crippen molar-refractivity contribution < 1.29 is 9.53 Å². The van der Waals surface area contributed by atoms with E-state index in [1.807, 2.05) is 25.3 Å². The zero-order chi connectivity index (χ0) is 13.9. The Morgan fingerprint density at radius 1 is 1.50 bits per heavy atom. The quantitative estimate of drug-likeness (QED) is 0.915. The van der Waals surface area contributed by atoms with Gasteiger partial charge in [-0.25, -0.2) is 4.79 Å². The monoisotopic (exact) mass is 273 g/mol. The van der Waals surface area contributed by atoms with Gasteiger partial charge in [0.15, 0.2) is 0 Å². The van der Waals surface area contributed by atoms with Gasteiger partial charge < -0.3 is 14.6 Å². The van der Waals surface area contributed by atoms with E-state index in [1.54, 1.807) is 4.90 Å². The number of hydrogen-bond acceptors (Lipinski definition) is 3. The number of carbonyl (C=O) groups excluding carboxylic acids is 1. The molecule has 2 aromatic heterocycles. The summed E-state index contributed by atoms with van der Waals surface area (Å²) in [4.78, 5) is 21.2. The fraction of sp³-hybridized carbons (Fsp3) is 0.467. The number of ether oxygens (including phenoxy) is 1. The Hall–Kier alpha value is -2.04. The van der Waals surface area contributed by atoms with Crippen molar-refractivity contribution in [1.29, 1.82) is 0 Å². The van der Waals surface area contributed by atoms with E-state index in [0.29, 0.717) is 12.5 Å². The number of nitrogens with one attached hydrogen (secondary N) is 1. The summed E-state index contributed by atoms with van der Waals surface area (Å²) < 4.78 is 5.05. The molecule has 20 heavy (non-hydrogen) atoms. The van der Waals surface area contributed by atoms with Crippen molar-refractivity contribution in [2.75, 3.05) is 19.7 Å². The second-order valence-electron chi connectivity index (χ2n) is 5.10. The van der Waals surface area contributed by atoms with Crippen molar-refractivity contribution in [2.45, 2.75) is 25.7 Å². The van der Waals surface area contributed by atoms with E-state index < -0.39 is 0 Å². The Morgan fingerprint density at radius 3 is 3.05 bits per heavy atom. The van der Waals surface area contributed by atoms with E-state index >= 15 is 0 Å². The van der Waals surface area contributed by atoms with Gasteiger partial charge in [-0.2, -0.15) is 0 Å². The number of amides is 1. The third-order valence-corrected chi connectivity index (χ3v) is 3.93. The summed E-state index contributed by atoms with van der Waals surface area (Å²) in [7, 11) is 0. The number of aromatic amines is 1. The van der Waals surface area contributed by atoms with Gasteiger partial charge in [-0.1, -0.05) is 0 Å². The van der Waals surface area contributed by atoms with Gasteiger partial charge in [0.25, 0.3) is 0 Å². The molecule has 1 fully saturated rings. The minimum Gasteiger partial charge on any atom is -0.450 e. The summed E-state index contributed by atoms with van der Waals surface area (Å²) in [6, 6.07) is 3.98. The third-order valence-electron chi connectivity index (χ3n) is 3.93. The van der Waals surface area contributed by atoms with Gasteiger partial charge in [0, 0.05) is 25.5 Å². The maximum Gasteiger partial charge on any atom is 0.409 e. The van der Waals surface area contributed by atoms with E-state index in [9.17, 15) is 4.79 Å². The van der Waals surface area contributed by atoms with Crippen LogP contribution in [0.5, 0.6) is 0 Å². The highest BCUT2D eigenvalue weighted by Gasteiger charge is 2.26. The second kappa shape index (κ2) is 5.53. The van der Waals surface area contributed by atoms with Crippen LogP contribution in [-0.4, -0.2) is 40.7 Å². The lowest BCUT2D eigenvalue weighted by Gasteiger charge is -2.31. The van der Waals surface area contributed by atoms with Crippen LogP contribution >= 0.6 is 0 Å². The summed E-state index contributed by atoms with van der Waals surface area (Å²) in [6.45, 7) is 3.78. The SMILES string of the molecule is CCOC(=O)N1CCC(c2c[nH]c3cccnc23)CC1. The number of likely N-dealkylation sites (tertiary alicyclic amines) is 1. The molecule has 3 heterocycles. The van der Waals surface area contributed by atoms with E-state index in [4.69, 9.17) is 4.74 Å². The predicted molar refractivity (Wildman–Crippen MR) is 76.7 cm³/mol. The Balaban J connectivity index is 1.70. The van der Waals surface area contributed by atoms with Crippen molar-refractivity contribution in [3.63, 3.8) is 0 Å². The second-order valence-corrected chi connectivity index (χ2v) is 5.10. The molecule has 0 bridgehead atoms. The molecule has 1 N–H and O–H groups in total. The largest absolute Gasteiger partial charge is 0.450 e. The highest BCUT2D eigenvalue weighted by Crippen LogP contribution is 2.32. The molecular weight excluding hydrogens is 254 g/mol. The Bertz CT molecular complexity index is 600. The van der Waals surface area contributed by atoms with Crippen LogP contribution in [0.3, 0.4) is 0 Å². The van der Waals surface area contributed by atoms with Crippen LogP contribution in [-0.2, 0) is 4.74 Å². The lowest BCUT2D eigenvalue weighted by molar-refractivity contribution is 0.0971. The maximum atomic E-state index is 11.7. The highest BCUT2D eigenvalue weighted by atomic mass is 16.6. The number of aromatic nitrogens is 2. The van der Waals surface area contributed by atoms with Gasteiger partial charge >= 0.3 is 6.09 Å². The fourth-order valence-electron chi connectivity index (χ4n) is 2.87. The molecular formula is C15H19N3O2. The number of fused-ring (bicyclic) bond motifs is 1. The normalized spacial score (nSPS) is 16.6. The van der Waals surface area contributed by atoms with Gasteiger partial charge in [-0.15, -0.1) is 0 Å². The van der Waals surface area contributed by atoms with Gasteiger partial charge in [0.05, 0.1) is 17.6 Å². The minimum atomic E-state index is -0.192. The topological polar surface area (TPSA) is 58.2 Å². The molecule has 0 radical (unpaired) electrons. The molecule has 0 unspecified atom stereocenters. The molecule has 5 nitrogen and oxygen atoms in total. The molecule has 0 aromatic carbocycles. The molecule has 1 amide bonds. The Morgan fingerprint density at radius 2 is 2.30 bits per heavy atom. The molecule has 0 atom stereocenters. The van der Waals surface area contributed by atoms with Crippen LogP contribution in [0.25, 0.3) is 11.0 Å². The van der Waals surface area contributed by atoms with E-state index in [2.05, 4.69) is 16.2 Å². The first kappa shape index (κ1) is 13.0. The summed E-state index contributed by atoms with van der Waals surface area (Å²) in [5, 5.41) is 0. The summed E-state index contributed by atoms with van der Waals surface area (Å²) in [6.07, 6.45) is 5.61. The number of carbonyl (C=O) groups is 1. The predicted octanol–water partition coefficient (Wildman–Crippen LogP) is 2.90. The van der Waals surface area contributed by atoms with Crippen LogP contribution < -0.4 is 0 Å². The van der Waals surface area contributed by atoms with Gasteiger partial charge in [-0.3, -0.25) is 4.98 Å². The summed E-state index contributed by atoms with van der Waals surface area (Å²) >= 11 is 0. The molecule has 0 saturated carbocycles. The van der Waals surface area contributed by atoms with Gasteiger partial charge in [0.1, 0.15) is 0 Å². The van der Waals surface area contributed by atoms with E-state index in [0.717, 1.165) is 37.0 Å². The molecule has 1 aliphatic heterocycles. The minimum absolute atomic E-state index is 0.192. The Labute approximate surface area is 117 Å². The zero-order valence-electron chi connectivity index (χ0n) is 11.6. The van der Waals surface area contributed by atoms with E-state index in [-0.39, 0.29) is 6.09 Å². The van der Waals surface area contributed by atoms with Crippen LogP contribution in [0.15, 0.2) is 24.5 Å². The molecule has 1 aliphatic rings. The maximum absolute atomic E-state index is 11.7. The standard InChI is InChI=1S/C15H19N3O2/c1-2-20-15(19)18-8-5-11(6-9-18)12-10-17-13-4-3-7-16-14(12)13/h3-4,7,10-11,17H,2,5-6,8-9H2,1H3. The molecule has 106 valence electrons. The van der Waals surface area contributed by atoms with Crippen LogP contribution in [0.1, 0.15) is 31.2 Å². The summed E-state index contributed by atoms with van der Waals surface area (Å²) in [5.74, 6) is 0.462. The first-order valence-electron chi connectivity index (χ1n) is 7.13. The van der Waals surface area contributed by atoms with Crippen molar-refractivity contribution in [2.24, 2.45) is 0 Å². The van der Waals surface area contributed by atoms with Crippen LogP contribution in [0.4, 0.5) is 4.79 Å². The summed E-state index contributed by atoms with van der Waals surface area (Å²) in [5.41, 5.74) is 3.40. The number of H-pyrrole nitrogens is 1. The van der Waals surface area contributed by atoms with Crippen molar-refractivity contribution >= 4 is 17.1 Å². The molecule has 2 aromatic rings. The first-order valence-corrected chi connectivity index (χ1v) is 7.13. The van der Waals surface area contributed by atoms with Crippen molar-refractivity contribution in [3.8, 4) is 0 Å².